The lowest BCUT2D eigenvalue weighted by Gasteiger charge is -2.34. The van der Waals surface area contributed by atoms with Crippen molar-refractivity contribution in [2.45, 2.75) is 87.2 Å². The summed E-state index contributed by atoms with van der Waals surface area (Å²) in [6, 6.07) is 12.3. The first kappa shape index (κ1) is 31.8. The number of amides is 4. The van der Waals surface area contributed by atoms with Crippen molar-refractivity contribution < 1.29 is 24.3 Å². The van der Waals surface area contributed by atoms with E-state index in [0.29, 0.717) is 12.8 Å². The fourth-order valence-corrected chi connectivity index (χ4v) is 7.09. The van der Waals surface area contributed by atoms with Crippen LogP contribution in [0.2, 0.25) is 0 Å². The summed E-state index contributed by atoms with van der Waals surface area (Å²) in [6.07, 6.45) is 4.01. The standard InChI is InChI=1S/C30H39N5O5S2/c1-30(2)29(40)33-23(17-20-11-5-3-6-12-20)28(39)35-19-21(36)18-24(35)27(38)32-22(26(37)34-30)13-7-4-10-16-41-42-25-14-8-9-15-31-25/h3,5-6,8-9,11-12,14-15,21-24,36H,4,7,10,13,16-19H2,1-2H3,(H,32,38)(H,33,40)(H,34,37)/t21?,22-,23-,24+/m0/s1. The monoisotopic (exact) mass is 613 g/mol. The van der Waals surface area contributed by atoms with Gasteiger partial charge in [-0.25, -0.2) is 4.98 Å². The van der Waals surface area contributed by atoms with Gasteiger partial charge in [-0.2, -0.15) is 0 Å². The van der Waals surface area contributed by atoms with Crippen LogP contribution in [0.15, 0.2) is 59.8 Å². The maximum atomic E-state index is 13.8. The molecule has 4 atom stereocenters. The number of rotatable bonds is 10. The van der Waals surface area contributed by atoms with Crippen molar-refractivity contribution >= 4 is 45.2 Å². The minimum Gasteiger partial charge on any atom is -0.391 e. The molecule has 4 rings (SSSR count). The molecule has 2 aromatic rings. The van der Waals surface area contributed by atoms with E-state index in [1.807, 2.05) is 48.5 Å². The Balaban J connectivity index is 1.43. The molecular weight excluding hydrogens is 574 g/mol. The van der Waals surface area contributed by atoms with Crippen molar-refractivity contribution in [2.75, 3.05) is 12.3 Å². The van der Waals surface area contributed by atoms with Gasteiger partial charge in [-0.15, -0.1) is 0 Å². The van der Waals surface area contributed by atoms with Crippen molar-refractivity contribution in [3.63, 3.8) is 0 Å². The summed E-state index contributed by atoms with van der Waals surface area (Å²) in [4.78, 5) is 59.6. The molecule has 1 unspecified atom stereocenters. The first-order valence-corrected chi connectivity index (χ1v) is 16.6. The van der Waals surface area contributed by atoms with Gasteiger partial charge in [0.05, 0.1) is 6.10 Å². The highest BCUT2D eigenvalue weighted by atomic mass is 33.1. The molecule has 12 heteroatoms. The number of pyridine rings is 1. The highest BCUT2D eigenvalue weighted by Gasteiger charge is 2.44. The number of aliphatic hydroxyl groups excluding tert-OH is 1. The summed E-state index contributed by atoms with van der Waals surface area (Å²) in [5.41, 5.74) is -0.503. The summed E-state index contributed by atoms with van der Waals surface area (Å²) in [5.74, 6) is -0.969. The van der Waals surface area contributed by atoms with Crippen LogP contribution < -0.4 is 16.0 Å². The van der Waals surface area contributed by atoms with E-state index in [1.54, 1.807) is 41.6 Å². The van der Waals surface area contributed by atoms with Crippen LogP contribution in [0.4, 0.5) is 0 Å². The Labute approximate surface area is 254 Å². The van der Waals surface area contributed by atoms with E-state index in [4.69, 9.17) is 0 Å². The van der Waals surface area contributed by atoms with E-state index in [0.717, 1.165) is 29.2 Å². The summed E-state index contributed by atoms with van der Waals surface area (Å²) >= 11 is 0. The predicted octanol–water partition coefficient (Wildman–Crippen LogP) is 2.46. The Morgan fingerprint density at radius 2 is 1.71 bits per heavy atom. The smallest absolute Gasteiger partial charge is 0.246 e. The van der Waals surface area contributed by atoms with Crippen molar-refractivity contribution in [3.05, 3.63) is 60.3 Å². The molecule has 2 fully saturated rings. The zero-order valence-electron chi connectivity index (χ0n) is 24.0. The molecule has 2 saturated heterocycles. The van der Waals surface area contributed by atoms with Crippen molar-refractivity contribution in [2.24, 2.45) is 0 Å². The molecule has 42 heavy (non-hydrogen) atoms. The van der Waals surface area contributed by atoms with Gasteiger partial charge in [0.15, 0.2) is 0 Å². The van der Waals surface area contributed by atoms with Crippen molar-refractivity contribution in [1.29, 1.82) is 0 Å². The minimum absolute atomic E-state index is 0.0213. The van der Waals surface area contributed by atoms with Gasteiger partial charge in [-0.3, -0.25) is 19.2 Å². The highest BCUT2D eigenvalue weighted by Crippen LogP contribution is 2.30. The van der Waals surface area contributed by atoms with Gasteiger partial charge in [0.25, 0.3) is 0 Å². The molecular formula is C30H39N5O5S2. The molecule has 1 aromatic carbocycles. The molecule has 3 heterocycles. The average molecular weight is 614 g/mol. The first-order valence-electron chi connectivity index (χ1n) is 14.3. The van der Waals surface area contributed by atoms with Gasteiger partial charge < -0.3 is 26.0 Å². The Bertz CT molecular complexity index is 1230. The largest absolute Gasteiger partial charge is 0.391 e. The number of nitrogens with one attached hydrogen (secondary N) is 3. The number of carbonyl (C=O) groups excluding carboxylic acids is 4. The van der Waals surface area contributed by atoms with Gasteiger partial charge in [-0.1, -0.05) is 60.0 Å². The molecule has 2 aliphatic rings. The number of unbranched alkanes of at least 4 members (excludes halogenated alkanes) is 2. The number of hydrogen-bond acceptors (Lipinski definition) is 8. The number of benzene rings is 1. The number of hydrogen-bond donors (Lipinski definition) is 4. The van der Waals surface area contributed by atoms with Crippen molar-refractivity contribution in [1.82, 2.24) is 25.8 Å². The number of nitrogens with zero attached hydrogens (tertiary/aromatic N) is 2. The summed E-state index contributed by atoms with van der Waals surface area (Å²) < 4.78 is 0. The minimum atomic E-state index is -1.34. The SMILES string of the molecule is CC1(C)NC(=O)[C@H](CCCCCSSc2ccccn2)NC(=O)[C@H]2CC(O)CN2C(=O)[C@H](Cc2ccccc2)NC1=O. The summed E-state index contributed by atoms with van der Waals surface area (Å²) in [7, 11) is 3.34. The van der Waals surface area contributed by atoms with E-state index in [9.17, 15) is 24.3 Å². The number of aromatic nitrogens is 1. The Kier molecular flexibility index (Phi) is 11.3. The van der Waals surface area contributed by atoms with E-state index in [-0.39, 0.29) is 19.4 Å². The van der Waals surface area contributed by atoms with Crippen LogP contribution in [-0.4, -0.2) is 80.7 Å². The van der Waals surface area contributed by atoms with Gasteiger partial charge in [-0.05, 0) is 55.2 Å². The van der Waals surface area contributed by atoms with Crippen LogP contribution in [0, 0.1) is 0 Å². The lowest BCUT2D eigenvalue weighted by Crippen LogP contribution is -2.64. The van der Waals surface area contributed by atoms with Crippen LogP contribution >= 0.6 is 21.6 Å². The second-order valence-corrected chi connectivity index (χ2v) is 13.6. The van der Waals surface area contributed by atoms with Crippen LogP contribution in [0.5, 0.6) is 0 Å². The molecule has 0 spiro atoms. The number of fused-ring (bicyclic) bond motifs is 1. The molecule has 0 aliphatic carbocycles. The second kappa shape index (κ2) is 14.9. The molecule has 226 valence electrons. The Morgan fingerprint density at radius 3 is 2.45 bits per heavy atom. The van der Waals surface area contributed by atoms with Crippen molar-refractivity contribution in [3.8, 4) is 0 Å². The maximum Gasteiger partial charge on any atom is 0.246 e. The molecule has 0 saturated carbocycles. The van der Waals surface area contributed by atoms with E-state index in [1.165, 1.54) is 4.90 Å². The Hall–Kier alpha value is -3.09. The molecule has 4 amide bonds. The van der Waals surface area contributed by atoms with Gasteiger partial charge in [0.2, 0.25) is 23.6 Å². The van der Waals surface area contributed by atoms with Crippen LogP contribution in [0.25, 0.3) is 0 Å². The van der Waals surface area contributed by atoms with Crippen LogP contribution in [0.1, 0.15) is 51.5 Å². The lowest BCUT2D eigenvalue weighted by molar-refractivity contribution is -0.144. The quantitative estimate of drug-likeness (QED) is 0.237. The molecule has 1 aromatic heterocycles. The predicted molar refractivity (Wildman–Crippen MR) is 163 cm³/mol. The zero-order valence-corrected chi connectivity index (χ0v) is 25.6. The second-order valence-electron chi connectivity index (χ2n) is 11.2. The molecule has 0 radical (unpaired) electrons. The van der Waals surface area contributed by atoms with Crippen LogP contribution in [0.3, 0.4) is 0 Å². The molecule has 4 N–H and O–H groups in total. The zero-order chi connectivity index (χ0) is 30.1. The van der Waals surface area contributed by atoms with E-state index < -0.39 is 53.4 Å². The molecule has 2 aliphatic heterocycles. The van der Waals surface area contributed by atoms with Gasteiger partial charge in [0.1, 0.15) is 28.7 Å². The molecule has 10 nitrogen and oxygen atoms in total. The highest BCUT2D eigenvalue weighted by molar-refractivity contribution is 8.76. The lowest BCUT2D eigenvalue weighted by atomic mass is 9.98. The normalized spacial score (nSPS) is 24.6. The maximum absolute atomic E-state index is 13.8. The fraction of sp³-hybridized carbons (Fsp3) is 0.500. The fourth-order valence-electron chi connectivity index (χ4n) is 5.07. The topological polar surface area (TPSA) is 141 Å². The molecule has 0 bridgehead atoms. The first-order chi connectivity index (χ1) is 20.1. The van der Waals surface area contributed by atoms with Gasteiger partial charge in [0, 0.05) is 31.3 Å². The third kappa shape index (κ3) is 8.71. The van der Waals surface area contributed by atoms with Gasteiger partial charge >= 0.3 is 0 Å². The third-order valence-corrected chi connectivity index (χ3v) is 9.74. The van der Waals surface area contributed by atoms with Crippen LogP contribution in [-0.2, 0) is 25.6 Å². The van der Waals surface area contributed by atoms with E-state index >= 15 is 0 Å². The number of aliphatic hydroxyl groups is 1. The Morgan fingerprint density at radius 1 is 0.952 bits per heavy atom. The summed E-state index contributed by atoms with van der Waals surface area (Å²) in [6.45, 7) is 3.13. The van der Waals surface area contributed by atoms with E-state index in [2.05, 4.69) is 20.9 Å². The average Bonchev–Trinajstić information content (AvgIpc) is 3.37. The third-order valence-electron chi connectivity index (χ3n) is 7.39. The summed E-state index contributed by atoms with van der Waals surface area (Å²) in [5, 5.41) is 19.8. The number of carbonyl (C=O) groups is 4.